The highest BCUT2D eigenvalue weighted by Gasteiger charge is 2.13. The molecule has 0 radical (unpaired) electrons. The minimum atomic E-state index is -1.13. The lowest BCUT2D eigenvalue weighted by atomic mass is 10.1. The van der Waals surface area contributed by atoms with Crippen molar-refractivity contribution in [1.82, 2.24) is 0 Å². The fraction of sp³-hybridized carbons (Fsp3) is 0.385. The number of carbonyl (C=O) groups is 2. The van der Waals surface area contributed by atoms with Gasteiger partial charge < -0.3 is 15.5 Å². The predicted octanol–water partition coefficient (Wildman–Crippen LogP) is 2.69. The second kappa shape index (κ2) is 6.64. The molecule has 1 aromatic carbocycles. The Balaban J connectivity index is 2.83. The van der Waals surface area contributed by atoms with Crippen LogP contribution in [0.25, 0.3) is 0 Å². The number of carboxylic acids is 2. The predicted molar refractivity (Wildman–Crippen MR) is 68.4 cm³/mol. The summed E-state index contributed by atoms with van der Waals surface area (Å²) in [7, 11) is 0. The standard InChI is InChI=1S/C13H17NO4/c1-2-3-4-7-14-11-6-5-9(12(15)16)8-10(11)13(17)18/h5-6,8,14H,2-4,7H2,1H3,(H,15,16)(H,17,18). The van der Waals surface area contributed by atoms with Gasteiger partial charge in [-0.3, -0.25) is 0 Å². The van der Waals surface area contributed by atoms with Crippen molar-refractivity contribution in [3.05, 3.63) is 29.3 Å². The normalized spacial score (nSPS) is 10.1. The Morgan fingerprint density at radius 2 is 1.89 bits per heavy atom. The Bertz CT molecular complexity index is 443. The molecule has 1 rings (SSSR count). The molecule has 1 aromatic rings. The van der Waals surface area contributed by atoms with Gasteiger partial charge in [-0.2, -0.15) is 0 Å². The van der Waals surface area contributed by atoms with Crippen LogP contribution in [0.2, 0.25) is 0 Å². The van der Waals surface area contributed by atoms with Crippen molar-refractivity contribution in [2.24, 2.45) is 0 Å². The largest absolute Gasteiger partial charge is 0.478 e. The molecule has 0 amide bonds. The first-order chi connectivity index (χ1) is 8.56. The van der Waals surface area contributed by atoms with Gasteiger partial charge in [0.25, 0.3) is 0 Å². The van der Waals surface area contributed by atoms with E-state index in [0.29, 0.717) is 12.2 Å². The number of aromatic carboxylic acids is 2. The average molecular weight is 251 g/mol. The summed E-state index contributed by atoms with van der Waals surface area (Å²) in [5.74, 6) is -2.26. The molecule has 5 nitrogen and oxygen atoms in total. The summed E-state index contributed by atoms with van der Waals surface area (Å²) >= 11 is 0. The van der Waals surface area contributed by atoms with E-state index in [9.17, 15) is 9.59 Å². The summed E-state index contributed by atoms with van der Waals surface area (Å²) in [6, 6.07) is 4.07. The molecule has 0 fully saturated rings. The van der Waals surface area contributed by atoms with Gasteiger partial charge in [0.05, 0.1) is 11.1 Å². The molecule has 3 N–H and O–H groups in total. The molecule has 0 aromatic heterocycles. The summed E-state index contributed by atoms with van der Waals surface area (Å²) in [6.07, 6.45) is 3.12. The zero-order valence-electron chi connectivity index (χ0n) is 10.3. The highest BCUT2D eigenvalue weighted by Crippen LogP contribution is 2.18. The maximum Gasteiger partial charge on any atom is 0.337 e. The van der Waals surface area contributed by atoms with Gasteiger partial charge in [0.1, 0.15) is 0 Å². The minimum Gasteiger partial charge on any atom is -0.478 e. The summed E-state index contributed by atoms with van der Waals surface area (Å²) in [4.78, 5) is 21.8. The molecule has 0 bridgehead atoms. The number of rotatable bonds is 7. The highest BCUT2D eigenvalue weighted by molar-refractivity contribution is 5.98. The second-order valence-corrected chi connectivity index (χ2v) is 4.00. The van der Waals surface area contributed by atoms with E-state index in [1.165, 1.54) is 18.2 Å². The van der Waals surface area contributed by atoms with Gasteiger partial charge in [-0.05, 0) is 24.6 Å². The Morgan fingerprint density at radius 1 is 1.17 bits per heavy atom. The van der Waals surface area contributed by atoms with Crippen molar-refractivity contribution < 1.29 is 19.8 Å². The zero-order valence-corrected chi connectivity index (χ0v) is 10.3. The SMILES string of the molecule is CCCCCNc1ccc(C(=O)O)cc1C(=O)O. The van der Waals surface area contributed by atoms with Gasteiger partial charge in [0.15, 0.2) is 0 Å². The molecule has 18 heavy (non-hydrogen) atoms. The van der Waals surface area contributed by atoms with Crippen molar-refractivity contribution >= 4 is 17.6 Å². The van der Waals surface area contributed by atoms with Gasteiger partial charge >= 0.3 is 11.9 Å². The number of hydrogen-bond donors (Lipinski definition) is 3. The molecular weight excluding hydrogens is 234 g/mol. The highest BCUT2D eigenvalue weighted by atomic mass is 16.4. The maximum atomic E-state index is 11.1. The van der Waals surface area contributed by atoms with E-state index in [2.05, 4.69) is 12.2 Å². The molecule has 0 heterocycles. The van der Waals surface area contributed by atoms with Gasteiger partial charge in [0, 0.05) is 12.2 Å². The fourth-order valence-electron chi connectivity index (χ4n) is 1.61. The van der Waals surface area contributed by atoms with E-state index in [-0.39, 0.29) is 11.1 Å². The quantitative estimate of drug-likeness (QED) is 0.648. The van der Waals surface area contributed by atoms with Crippen molar-refractivity contribution in [3.63, 3.8) is 0 Å². The molecule has 98 valence electrons. The van der Waals surface area contributed by atoms with Crippen LogP contribution in [0.15, 0.2) is 18.2 Å². The molecule has 0 atom stereocenters. The first kappa shape index (κ1) is 14.0. The number of carboxylic acid groups (broad SMARTS) is 2. The van der Waals surface area contributed by atoms with Crippen LogP contribution in [0, 0.1) is 0 Å². The van der Waals surface area contributed by atoms with Crippen molar-refractivity contribution in [1.29, 1.82) is 0 Å². The van der Waals surface area contributed by atoms with Crippen LogP contribution in [0.5, 0.6) is 0 Å². The van der Waals surface area contributed by atoms with E-state index in [1.54, 1.807) is 0 Å². The van der Waals surface area contributed by atoms with Crippen LogP contribution in [0.4, 0.5) is 5.69 Å². The molecule has 5 heteroatoms. The lowest BCUT2D eigenvalue weighted by Crippen LogP contribution is -2.09. The second-order valence-electron chi connectivity index (χ2n) is 4.00. The topological polar surface area (TPSA) is 86.6 Å². The smallest absolute Gasteiger partial charge is 0.337 e. The van der Waals surface area contributed by atoms with Crippen LogP contribution < -0.4 is 5.32 Å². The molecule has 0 aliphatic carbocycles. The molecule has 0 unspecified atom stereocenters. The van der Waals surface area contributed by atoms with E-state index in [4.69, 9.17) is 10.2 Å². The number of benzene rings is 1. The van der Waals surface area contributed by atoms with E-state index >= 15 is 0 Å². The van der Waals surface area contributed by atoms with E-state index < -0.39 is 11.9 Å². The van der Waals surface area contributed by atoms with Gasteiger partial charge in [-0.25, -0.2) is 9.59 Å². The van der Waals surface area contributed by atoms with E-state index in [0.717, 1.165) is 19.3 Å². The summed E-state index contributed by atoms with van der Waals surface area (Å²) in [5.41, 5.74) is 0.432. The van der Waals surface area contributed by atoms with Gasteiger partial charge in [-0.15, -0.1) is 0 Å². The average Bonchev–Trinajstić information content (AvgIpc) is 2.34. The van der Waals surface area contributed by atoms with Gasteiger partial charge in [-0.1, -0.05) is 19.8 Å². The number of hydrogen-bond acceptors (Lipinski definition) is 3. The van der Waals surface area contributed by atoms with Crippen molar-refractivity contribution in [2.75, 3.05) is 11.9 Å². The summed E-state index contributed by atoms with van der Waals surface area (Å²) < 4.78 is 0. The third-order valence-electron chi connectivity index (χ3n) is 2.59. The van der Waals surface area contributed by atoms with Crippen LogP contribution in [0.1, 0.15) is 46.9 Å². The zero-order chi connectivity index (χ0) is 13.5. The Kier molecular flexibility index (Phi) is 5.17. The third kappa shape index (κ3) is 3.76. The number of unbranched alkanes of at least 4 members (excludes halogenated alkanes) is 2. The molecule has 0 spiro atoms. The Morgan fingerprint density at radius 3 is 2.44 bits per heavy atom. The summed E-state index contributed by atoms with van der Waals surface area (Å²) in [6.45, 7) is 2.77. The Hall–Kier alpha value is -2.04. The summed E-state index contributed by atoms with van der Waals surface area (Å²) in [5, 5.41) is 20.9. The van der Waals surface area contributed by atoms with Gasteiger partial charge in [0.2, 0.25) is 0 Å². The first-order valence-corrected chi connectivity index (χ1v) is 5.90. The van der Waals surface area contributed by atoms with Crippen LogP contribution in [0.3, 0.4) is 0 Å². The molecular formula is C13H17NO4. The number of nitrogens with one attached hydrogen (secondary N) is 1. The fourth-order valence-corrected chi connectivity index (χ4v) is 1.61. The first-order valence-electron chi connectivity index (χ1n) is 5.90. The van der Waals surface area contributed by atoms with Crippen molar-refractivity contribution in [2.45, 2.75) is 26.2 Å². The minimum absolute atomic E-state index is 0.00796. The van der Waals surface area contributed by atoms with Crippen LogP contribution in [-0.2, 0) is 0 Å². The lowest BCUT2D eigenvalue weighted by molar-refractivity contribution is 0.0696. The van der Waals surface area contributed by atoms with Crippen LogP contribution >= 0.6 is 0 Å². The lowest BCUT2D eigenvalue weighted by Gasteiger charge is -2.10. The molecule has 0 aliphatic heterocycles. The third-order valence-corrected chi connectivity index (χ3v) is 2.59. The van der Waals surface area contributed by atoms with Crippen LogP contribution in [-0.4, -0.2) is 28.7 Å². The monoisotopic (exact) mass is 251 g/mol. The molecule has 0 saturated heterocycles. The maximum absolute atomic E-state index is 11.1. The number of anilines is 1. The Labute approximate surface area is 105 Å². The molecule has 0 saturated carbocycles. The van der Waals surface area contributed by atoms with E-state index in [1.807, 2.05) is 0 Å². The molecule has 0 aliphatic rings. The van der Waals surface area contributed by atoms with Crippen molar-refractivity contribution in [3.8, 4) is 0 Å².